The van der Waals surface area contributed by atoms with Crippen LogP contribution in [0, 0.1) is 5.92 Å². The molecule has 1 amide bonds. The SMILES string of the molecule is CC(C)CN(CCN(C)C)C(=O)c1[nH]ncc1Br. The van der Waals surface area contributed by atoms with E-state index >= 15 is 0 Å². The molecule has 0 bridgehead atoms. The average molecular weight is 317 g/mol. The van der Waals surface area contributed by atoms with Gasteiger partial charge in [-0.3, -0.25) is 9.89 Å². The summed E-state index contributed by atoms with van der Waals surface area (Å²) in [5.41, 5.74) is 0.523. The fraction of sp³-hybridized carbons (Fsp3) is 0.667. The van der Waals surface area contributed by atoms with E-state index in [9.17, 15) is 4.79 Å². The highest BCUT2D eigenvalue weighted by Gasteiger charge is 2.20. The van der Waals surface area contributed by atoms with Gasteiger partial charge in [-0.15, -0.1) is 0 Å². The van der Waals surface area contributed by atoms with Crippen molar-refractivity contribution in [1.29, 1.82) is 0 Å². The van der Waals surface area contributed by atoms with Crippen LogP contribution in [0.5, 0.6) is 0 Å². The standard InChI is InChI=1S/C12H21BrN4O/c1-9(2)8-17(6-5-16(3)4)12(18)11-10(13)7-14-15-11/h7,9H,5-6,8H2,1-4H3,(H,14,15). The molecule has 0 saturated carbocycles. The number of nitrogens with zero attached hydrogens (tertiary/aromatic N) is 3. The van der Waals surface area contributed by atoms with E-state index in [0.29, 0.717) is 16.1 Å². The lowest BCUT2D eigenvalue weighted by Gasteiger charge is -2.25. The van der Waals surface area contributed by atoms with Crippen molar-refractivity contribution >= 4 is 21.8 Å². The third kappa shape index (κ3) is 4.42. The summed E-state index contributed by atoms with van der Waals surface area (Å²) < 4.78 is 0.714. The number of amides is 1. The molecule has 0 aliphatic heterocycles. The average Bonchev–Trinajstić information content (AvgIpc) is 2.69. The molecule has 0 atom stereocenters. The molecule has 0 aromatic carbocycles. The lowest BCUT2D eigenvalue weighted by molar-refractivity contribution is 0.0718. The molecular formula is C12H21BrN4O. The van der Waals surface area contributed by atoms with E-state index in [4.69, 9.17) is 0 Å². The molecule has 0 radical (unpaired) electrons. The molecule has 0 aliphatic rings. The van der Waals surface area contributed by atoms with Crippen LogP contribution in [0.1, 0.15) is 24.3 Å². The van der Waals surface area contributed by atoms with Crippen LogP contribution in [0.2, 0.25) is 0 Å². The zero-order valence-corrected chi connectivity index (χ0v) is 13.0. The number of carbonyl (C=O) groups is 1. The minimum atomic E-state index is -0.00470. The van der Waals surface area contributed by atoms with Gasteiger partial charge in [-0.1, -0.05) is 13.8 Å². The zero-order valence-electron chi connectivity index (χ0n) is 11.4. The molecular weight excluding hydrogens is 296 g/mol. The van der Waals surface area contributed by atoms with Crippen LogP contribution in [-0.2, 0) is 0 Å². The van der Waals surface area contributed by atoms with Gasteiger partial charge in [0.05, 0.1) is 10.7 Å². The molecule has 0 saturated heterocycles. The topological polar surface area (TPSA) is 52.2 Å². The number of H-pyrrole nitrogens is 1. The van der Waals surface area contributed by atoms with Gasteiger partial charge in [-0.25, -0.2) is 0 Å². The summed E-state index contributed by atoms with van der Waals surface area (Å²) in [7, 11) is 4.01. The second-order valence-corrected chi connectivity index (χ2v) is 5.90. The van der Waals surface area contributed by atoms with Crippen molar-refractivity contribution < 1.29 is 4.79 Å². The number of aromatic amines is 1. The number of nitrogens with one attached hydrogen (secondary N) is 1. The molecule has 102 valence electrons. The lowest BCUT2D eigenvalue weighted by Crippen LogP contribution is -2.39. The molecule has 0 spiro atoms. The van der Waals surface area contributed by atoms with Crippen molar-refractivity contribution in [1.82, 2.24) is 20.0 Å². The summed E-state index contributed by atoms with van der Waals surface area (Å²) in [6.45, 7) is 6.54. The van der Waals surface area contributed by atoms with Gasteiger partial charge in [-0.05, 0) is 35.9 Å². The summed E-state index contributed by atoms with van der Waals surface area (Å²) in [6.07, 6.45) is 1.60. The van der Waals surface area contributed by atoms with Crippen LogP contribution in [-0.4, -0.2) is 59.6 Å². The molecule has 18 heavy (non-hydrogen) atoms. The summed E-state index contributed by atoms with van der Waals surface area (Å²) >= 11 is 3.33. The number of halogens is 1. The first kappa shape index (κ1) is 15.2. The third-order valence-electron chi connectivity index (χ3n) is 2.50. The third-order valence-corrected chi connectivity index (χ3v) is 3.10. The molecule has 0 fully saturated rings. The second-order valence-electron chi connectivity index (χ2n) is 5.04. The van der Waals surface area contributed by atoms with Crippen LogP contribution < -0.4 is 0 Å². The number of hydrogen-bond acceptors (Lipinski definition) is 3. The minimum Gasteiger partial charge on any atom is -0.336 e. The molecule has 1 rings (SSSR count). The molecule has 5 nitrogen and oxygen atoms in total. The second kappa shape index (κ2) is 6.89. The summed E-state index contributed by atoms with van der Waals surface area (Å²) in [5.74, 6) is 0.438. The Labute approximate surface area is 117 Å². The highest BCUT2D eigenvalue weighted by Crippen LogP contribution is 2.15. The number of aromatic nitrogens is 2. The molecule has 6 heteroatoms. The monoisotopic (exact) mass is 316 g/mol. The highest BCUT2D eigenvalue weighted by molar-refractivity contribution is 9.10. The number of rotatable bonds is 6. The Morgan fingerprint density at radius 2 is 2.11 bits per heavy atom. The van der Waals surface area contributed by atoms with Gasteiger partial charge in [0, 0.05) is 19.6 Å². The normalized spacial score (nSPS) is 11.3. The summed E-state index contributed by atoms with van der Waals surface area (Å²) in [4.78, 5) is 16.3. The van der Waals surface area contributed by atoms with Crippen LogP contribution in [0.15, 0.2) is 10.7 Å². The van der Waals surface area contributed by atoms with Crippen molar-refractivity contribution in [3.63, 3.8) is 0 Å². The predicted octanol–water partition coefficient (Wildman–Crippen LogP) is 1.83. The quantitative estimate of drug-likeness (QED) is 0.871. The molecule has 1 heterocycles. The first-order valence-corrected chi connectivity index (χ1v) is 6.84. The molecule has 1 N–H and O–H groups in total. The van der Waals surface area contributed by atoms with Crippen molar-refractivity contribution in [2.45, 2.75) is 13.8 Å². The Morgan fingerprint density at radius 3 is 2.56 bits per heavy atom. The molecule has 0 unspecified atom stereocenters. The zero-order chi connectivity index (χ0) is 13.7. The Kier molecular flexibility index (Phi) is 5.81. The van der Waals surface area contributed by atoms with Gasteiger partial charge >= 0.3 is 0 Å². The van der Waals surface area contributed by atoms with Crippen molar-refractivity contribution in [2.75, 3.05) is 33.7 Å². The maximum Gasteiger partial charge on any atom is 0.273 e. The van der Waals surface area contributed by atoms with Gasteiger partial charge in [0.15, 0.2) is 0 Å². The van der Waals surface area contributed by atoms with Crippen LogP contribution >= 0.6 is 15.9 Å². The maximum absolute atomic E-state index is 12.4. The fourth-order valence-corrected chi connectivity index (χ4v) is 1.98. The smallest absolute Gasteiger partial charge is 0.273 e. The van der Waals surface area contributed by atoms with E-state index in [1.807, 2.05) is 19.0 Å². The highest BCUT2D eigenvalue weighted by atomic mass is 79.9. The fourth-order valence-electron chi connectivity index (χ4n) is 1.62. The maximum atomic E-state index is 12.4. The summed E-state index contributed by atoms with van der Waals surface area (Å²) in [5, 5.41) is 6.61. The van der Waals surface area contributed by atoms with Gasteiger partial charge in [0.2, 0.25) is 0 Å². The van der Waals surface area contributed by atoms with Crippen LogP contribution in [0.3, 0.4) is 0 Å². The lowest BCUT2D eigenvalue weighted by atomic mass is 10.2. The molecule has 0 aliphatic carbocycles. The predicted molar refractivity (Wildman–Crippen MR) is 75.6 cm³/mol. The van der Waals surface area contributed by atoms with Gasteiger partial charge in [0.25, 0.3) is 5.91 Å². The van der Waals surface area contributed by atoms with E-state index in [1.54, 1.807) is 6.20 Å². The largest absolute Gasteiger partial charge is 0.336 e. The number of carbonyl (C=O) groups excluding carboxylic acids is 1. The van der Waals surface area contributed by atoms with Crippen LogP contribution in [0.25, 0.3) is 0 Å². The minimum absolute atomic E-state index is 0.00470. The first-order valence-electron chi connectivity index (χ1n) is 6.04. The van der Waals surface area contributed by atoms with Crippen molar-refractivity contribution in [3.8, 4) is 0 Å². The number of hydrogen-bond donors (Lipinski definition) is 1. The van der Waals surface area contributed by atoms with E-state index < -0.39 is 0 Å². The van der Waals surface area contributed by atoms with Gasteiger partial charge in [-0.2, -0.15) is 5.10 Å². The Morgan fingerprint density at radius 1 is 1.44 bits per heavy atom. The summed E-state index contributed by atoms with van der Waals surface area (Å²) in [6, 6.07) is 0. The van der Waals surface area contributed by atoms with Gasteiger partial charge < -0.3 is 9.80 Å². The van der Waals surface area contributed by atoms with Gasteiger partial charge in [0.1, 0.15) is 5.69 Å². The Balaban J connectivity index is 2.75. The van der Waals surface area contributed by atoms with E-state index in [2.05, 4.69) is 44.9 Å². The Hall–Kier alpha value is -0.880. The van der Waals surface area contributed by atoms with Crippen LogP contribution in [0.4, 0.5) is 0 Å². The van der Waals surface area contributed by atoms with E-state index in [-0.39, 0.29) is 5.91 Å². The Bertz CT molecular complexity index is 389. The van der Waals surface area contributed by atoms with E-state index in [1.165, 1.54) is 0 Å². The molecule has 1 aromatic rings. The first-order chi connectivity index (χ1) is 8.41. The number of likely N-dealkylation sites (N-methyl/N-ethyl adjacent to an activating group) is 1. The molecule has 1 aromatic heterocycles. The van der Waals surface area contributed by atoms with Crippen molar-refractivity contribution in [3.05, 3.63) is 16.4 Å². The van der Waals surface area contributed by atoms with E-state index in [0.717, 1.165) is 19.6 Å². The van der Waals surface area contributed by atoms with Crippen molar-refractivity contribution in [2.24, 2.45) is 5.92 Å².